The van der Waals surface area contributed by atoms with E-state index in [0.29, 0.717) is 11.4 Å². The van der Waals surface area contributed by atoms with E-state index in [9.17, 15) is 22.8 Å². The summed E-state index contributed by atoms with van der Waals surface area (Å²) in [4.78, 5) is 23.4. The van der Waals surface area contributed by atoms with E-state index in [-0.39, 0.29) is 17.9 Å². The minimum atomic E-state index is -4.78. The number of fused-ring (bicyclic) bond motifs is 1. The van der Waals surface area contributed by atoms with Gasteiger partial charge in [0, 0.05) is 16.9 Å². The molecule has 8 heteroatoms. The van der Waals surface area contributed by atoms with Crippen LogP contribution in [0.1, 0.15) is 15.9 Å². The molecule has 0 atom stereocenters. The number of rotatable bonds is 3. The fraction of sp³-hybridized carbons (Fsp3) is 0.125. The number of benzene rings is 2. The Morgan fingerprint density at radius 3 is 2.50 bits per heavy atom. The first-order valence-electron chi connectivity index (χ1n) is 6.90. The summed E-state index contributed by atoms with van der Waals surface area (Å²) in [6, 6.07) is 9.57. The van der Waals surface area contributed by atoms with E-state index in [0.717, 1.165) is 17.7 Å². The summed E-state index contributed by atoms with van der Waals surface area (Å²) in [6.07, 6.45) is -4.54. The third-order valence-corrected chi connectivity index (χ3v) is 3.34. The van der Waals surface area contributed by atoms with Crippen LogP contribution < -0.4 is 15.4 Å². The highest BCUT2D eigenvalue weighted by molar-refractivity contribution is 6.05. The van der Waals surface area contributed by atoms with Crippen molar-refractivity contribution in [3.8, 4) is 5.75 Å². The number of halogens is 3. The van der Waals surface area contributed by atoms with E-state index in [1.165, 1.54) is 12.1 Å². The summed E-state index contributed by atoms with van der Waals surface area (Å²) >= 11 is 0. The lowest BCUT2D eigenvalue weighted by Gasteiger charge is -2.10. The molecule has 0 saturated carbocycles. The third-order valence-electron chi connectivity index (χ3n) is 3.34. The number of carbonyl (C=O) groups excluding carboxylic acids is 2. The van der Waals surface area contributed by atoms with Gasteiger partial charge in [0.1, 0.15) is 5.75 Å². The molecular formula is C16H11F3N2O3. The molecule has 0 aliphatic carbocycles. The van der Waals surface area contributed by atoms with Crippen LogP contribution in [0.2, 0.25) is 0 Å². The van der Waals surface area contributed by atoms with E-state index in [4.69, 9.17) is 0 Å². The molecular weight excluding hydrogens is 325 g/mol. The number of hydrogen-bond donors (Lipinski definition) is 2. The number of anilines is 2. The smallest absolute Gasteiger partial charge is 0.406 e. The van der Waals surface area contributed by atoms with Gasteiger partial charge in [0.05, 0.1) is 6.42 Å². The zero-order chi connectivity index (χ0) is 17.3. The van der Waals surface area contributed by atoms with Crippen LogP contribution in [0, 0.1) is 0 Å². The van der Waals surface area contributed by atoms with Gasteiger partial charge >= 0.3 is 6.36 Å². The molecule has 0 aromatic heterocycles. The highest BCUT2D eigenvalue weighted by Gasteiger charge is 2.31. The van der Waals surface area contributed by atoms with Crippen molar-refractivity contribution < 1.29 is 27.5 Å². The van der Waals surface area contributed by atoms with Gasteiger partial charge in [0.2, 0.25) is 5.91 Å². The van der Waals surface area contributed by atoms with Crippen molar-refractivity contribution in [3.63, 3.8) is 0 Å². The standard InChI is InChI=1S/C16H11F3N2O3/c17-16(18,19)24-12-4-1-9(2-5-12)15(23)20-11-3-6-13-10(7-11)8-14(22)21-13/h1-7H,8H2,(H,20,23)(H,21,22). The van der Waals surface area contributed by atoms with Gasteiger partial charge in [-0.25, -0.2) is 0 Å². The van der Waals surface area contributed by atoms with Crippen molar-refractivity contribution in [2.24, 2.45) is 0 Å². The average Bonchev–Trinajstić information content (AvgIpc) is 2.85. The number of alkyl halides is 3. The van der Waals surface area contributed by atoms with E-state index in [1.807, 2.05) is 0 Å². The summed E-state index contributed by atoms with van der Waals surface area (Å²) in [5.74, 6) is -0.999. The summed E-state index contributed by atoms with van der Waals surface area (Å²) in [5, 5.41) is 5.31. The lowest BCUT2D eigenvalue weighted by atomic mass is 10.1. The fourth-order valence-corrected chi connectivity index (χ4v) is 2.32. The molecule has 3 rings (SSSR count). The largest absolute Gasteiger partial charge is 0.573 e. The first-order valence-corrected chi connectivity index (χ1v) is 6.90. The number of hydrogen-bond acceptors (Lipinski definition) is 3. The molecule has 0 radical (unpaired) electrons. The van der Waals surface area contributed by atoms with Gasteiger partial charge in [-0.1, -0.05) is 0 Å². The Kier molecular flexibility index (Phi) is 3.88. The van der Waals surface area contributed by atoms with Crippen LogP contribution in [0.5, 0.6) is 5.75 Å². The predicted octanol–water partition coefficient (Wildman–Crippen LogP) is 3.33. The fourth-order valence-electron chi connectivity index (χ4n) is 2.32. The van der Waals surface area contributed by atoms with Crippen LogP contribution in [-0.2, 0) is 11.2 Å². The van der Waals surface area contributed by atoms with Crippen LogP contribution >= 0.6 is 0 Å². The summed E-state index contributed by atoms with van der Waals surface area (Å²) in [7, 11) is 0. The first kappa shape index (κ1) is 15.9. The lowest BCUT2D eigenvalue weighted by molar-refractivity contribution is -0.274. The van der Waals surface area contributed by atoms with Crippen LogP contribution in [0.4, 0.5) is 24.5 Å². The number of amides is 2. The molecule has 24 heavy (non-hydrogen) atoms. The second-order valence-corrected chi connectivity index (χ2v) is 5.12. The lowest BCUT2D eigenvalue weighted by Crippen LogP contribution is -2.17. The molecule has 0 unspecified atom stereocenters. The monoisotopic (exact) mass is 336 g/mol. The van der Waals surface area contributed by atoms with Gasteiger partial charge in [-0.2, -0.15) is 0 Å². The summed E-state index contributed by atoms with van der Waals surface area (Å²) in [5.41, 5.74) is 2.14. The van der Waals surface area contributed by atoms with Crippen molar-refractivity contribution in [1.29, 1.82) is 0 Å². The van der Waals surface area contributed by atoms with Crippen molar-refractivity contribution in [2.45, 2.75) is 12.8 Å². The molecule has 1 heterocycles. The average molecular weight is 336 g/mol. The SMILES string of the molecule is O=C1Cc2cc(NC(=O)c3ccc(OC(F)(F)F)cc3)ccc2N1. The highest BCUT2D eigenvalue weighted by atomic mass is 19.4. The number of carbonyl (C=O) groups is 2. The third kappa shape index (κ3) is 3.65. The number of nitrogens with one attached hydrogen (secondary N) is 2. The van der Waals surface area contributed by atoms with Crippen LogP contribution in [0.3, 0.4) is 0 Å². The minimum Gasteiger partial charge on any atom is -0.406 e. The van der Waals surface area contributed by atoms with E-state index < -0.39 is 18.0 Å². The Balaban J connectivity index is 1.69. The van der Waals surface area contributed by atoms with Crippen LogP contribution in [0.25, 0.3) is 0 Å². The van der Waals surface area contributed by atoms with Crippen LogP contribution in [-0.4, -0.2) is 18.2 Å². The van der Waals surface area contributed by atoms with Crippen molar-refractivity contribution in [1.82, 2.24) is 0 Å². The van der Waals surface area contributed by atoms with Crippen molar-refractivity contribution in [3.05, 3.63) is 53.6 Å². The zero-order valence-electron chi connectivity index (χ0n) is 12.1. The molecule has 0 spiro atoms. The molecule has 124 valence electrons. The topological polar surface area (TPSA) is 67.4 Å². The molecule has 0 bridgehead atoms. The maximum absolute atomic E-state index is 12.1. The quantitative estimate of drug-likeness (QED) is 0.903. The van der Waals surface area contributed by atoms with Gasteiger partial charge in [0.15, 0.2) is 0 Å². The maximum atomic E-state index is 12.1. The second-order valence-electron chi connectivity index (χ2n) is 5.12. The van der Waals surface area contributed by atoms with Gasteiger partial charge < -0.3 is 15.4 Å². The highest BCUT2D eigenvalue weighted by Crippen LogP contribution is 2.27. The van der Waals surface area contributed by atoms with E-state index in [1.54, 1.807) is 18.2 Å². The summed E-state index contributed by atoms with van der Waals surface area (Å²) < 4.78 is 40.0. The Labute approximate surface area is 134 Å². The normalized spacial score (nSPS) is 13.2. The van der Waals surface area contributed by atoms with Gasteiger partial charge in [-0.15, -0.1) is 13.2 Å². The molecule has 1 aliphatic rings. The van der Waals surface area contributed by atoms with E-state index in [2.05, 4.69) is 15.4 Å². The molecule has 2 N–H and O–H groups in total. The zero-order valence-corrected chi connectivity index (χ0v) is 12.1. The van der Waals surface area contributed by atoms with Crippen molar-refractivity contribution >= 4 is 23.2 Å². The van der Waals surface area contributed by atoms with E-state index >= 15 is 0 Å². The van der Waals surface area contributed by atoms with Crippen molar-refractivity contribution in [2.75, 3.05) is 10.6 Å². The molecule has 2 amide bonds. The maximum Gasteiger partial charge on any atom is 0.573 e. The second kappa shape index (κ2) is 5.88. The molecule has 0 saturated heterocycles. The van der Waals surface area contributed by atoms with Crippen LogP contribution in [0.15, 0.2) is 42.5 Å². The molecule has 0 fully saturated rings. The Morgan fingerprint density at radius 2 is 1.83 bits per heavy atom. The Morgan fingerprint density at radius 1 is 1.12 bits per heavy atom. The first-order chi connectivity index (χ1) is 11.3. The molecule has 2 aromatic rings. The molecule has 2 aromatic carbocycles. The van der Waals surface area contributed by atoms with Gasteiger partial charge in [-0.05, 0) is 48.0 Å². The summed E-state index contributed by atoms with van der Waals surface area (Å²) in [6.45, 7) is 0. The molecule has 5 nitrogen and oxygen atoms in total. The Hall–Kier alpha value is -3.03. The predicted molar refractivity (Wildman–Crippen MR) is 79.9 cm³/mol. The number of ether oxygens (including phenoxy) is 1. The Bertz CT molecular complexity index is 801. The molecule has 1 aliphatic heterocycles. The van der Waals surface area contributed by atoms with Gasteiger partial charge in [0.25, 0.3) is 5.91 Å². The van der Waals surface area contributed by atoms with Gasteiger partial charge in [-0.3, -0.25) is 9.59 Å². The minimum absolute atomic E-state index is 0.117.